The van der Waals surface area contributed by atoms with Gasteiger partial charge in [-0.15, -0.1) is 11.8 Å². The van der Waals surface area contributed by atoms with Gasteiger partial charge in [0.1, 0.15) is 0 Å². The summed E-state index contributed by atoms with van der Waals surface area (Å²) < 4.78 is 10.5. The molecule has 3 aromatic carbocycles. The number of hydrogen-bond donors (Lipinski definition) is 2. The van der Waals surface area contributed by atoms with Crippen LogP contribution in [0.15, 0.2) is 65.6 Å². The highest BCUT2D eigenvalue weighted by Crippen LogP contribution is 2.28. The van der Waals surface area contributed by atoms with Gasteiger partial charge >= 0.3 is 0 Å². The molecule has 0 radical (unpaired) electrons. The number of ether oxygens (including phenoxy) is 2. The lowest BCUT2D eigenvalue weighted by Crippen LogP contribution is -2.15. The molecule has 0 atom stereocenters. The summed E-state index contributed by atoms with van der Waals surface area (Å²) in [5, 5.41) is 5.87. The second kappa shape index (κ2) is 10.7. The Morgan fingerprint density at radius 2 is 1.53 bits per heavy atom. The first-order valence-corrected chi connectivity index (χ1v) is 11.0. The molecule has 0 aromatic heterocycles. The average molecular weight is 451 g/mol. The minimum Gasteiger partial charge on any atom is -0.493 e. The van der Waals surface area contributed by atoms with Gasteiger partial charge in [0.25, 0.3) is 5.91 Å². The summed E-state index contributed by atoms with van der Waals surface area (Å²) in [6.45, 7) is 3.95. The second-order valence-corrected chi connectivity index (χ2v) is 8.20. The molecule has 32 heavy (non-hydrogen) atoms. The fourth-order valence-electron chi connectivity index (χ4n) is 3.18. The molecule has 2 N–H and O–H groups in total. The zero-order chi connectivity index (χ0) is 23.1. The summed E-state index contributed by atoms with van der Waals surface area (Å²) in [6.07, 6.45) is 0. The molecule has 0 saturated carbocycles. The van der Waals surface area contributed by atoms with E-state index in [2.05, 4.69) is 10.6 Å². The number of nitrogens with one attached hydrogen (secondary N) is 2. The number of benzene rings is 3. The van der Waals surface area contributed by atoms with Gasteiger partial charge in [-0.05, 0) is 61.4 Å². The van der Waals surface area contributed by atoms with Gasteiger partial charge in [-0.3, -0.25) is 9.59 Å². The number of methoxy groups -OCH3 is 2. The maximum Gasteiger partial charge on any atom is 0.255 e. The van der Waals surface area contributed by atoms with Gasteiger partial charge in [-0.2, -0.15) is 0 Å². The Balaban J connectivity index is 1.62. The van der Waals surface area contributed by atoms with E-state index in [1.165, 1.54) is 18.9 Å². The predicted molar refractivity (Wildman–Crippen MR) is 129 cm³/mol. The molecule has 0 unspecified atom stereocenters. The van der Waals surface area contributed by atoms with Crippen molar-refractivity contribution in [2.75, 3.05) is 30.6 Å². The number of thioether (sulfide) groups is 1. The van der Waals surface area contributed by atoms with Crippen molar-refractivity contribution in [3.63, 3.8) is 0 Å². The highest BCUT2D eigenvalue weighted by molar-refractivity contribution is 8.00. The van der Waals surface area contributed by atoms with E-state index in [9.17, 15) is 9.59 Å². The third kappa shape index (κ3) is 5.82. The van der Waals surface area contributed by atoms with Gasteiger partial charge in [0.05, 0.1) is 20.0 Å². The zero-order valence-corrected chi connectivity index (χ0v) is 19.3. The largest absolute Gasteiger partial charge is 0.493 e. The predicted octanol–water partition coefficient (Wildman–Crippen LogP) is 5.30. The number of amides is 2. The Hall–Kier alpha value is -3.45. The molecular weight excluding hydrogens is 424 g/mol. The van der Waals surface area contributed by atoms with Gasteiger partial charge in [-0.1, -0.05) is 24.3 Å². The highest BCUT2D eigenvalue weighted by atomic mass is 32.2. The number of rotatable bonds is 8. The van der Waals surface area contributed by atoms with E-state index < -0.39 is 0 Å². The van der Waals surface area contributed by atoms with E-state index in [0.29, 0.717) is 22.7 Å². The summed E-state index contributed by atoms with van der Waals surface area (Å²) in [5.74, 6) is 0.968. The van der Waals surface area contributed by atoms with Crippen LogP contribution in [-0.2, 0) is 4.79 Å². The molecule has 0 bridgehead atoms. The minimum atomic E-state index is -0.263. The molecule has 0 fully saturated rings. The molecule has 0 aliphatic heterocycles. The van der Waals surface area contributed by atoms with Crippen LogP contribution in [0.2, 0.25) is 0 Å². The van der Waals surface area contributed by atoms with Crippen molar-refractivity contribution in [1.82, 2.24) is 0 Å². The summed E-state index contributed by atoms with van der Waals surface area (Å²) in [5.41, 5.74) is 4.01. The normalized spacial score (nSPS) is 10.4. The molecule has 0 saturated heterocycles. The van der Waals surface area contributed by atoms with Crippen molar-refractivity contribution in [3.8, 4) is 11.5 Å². The Kier molecular flexibility index (Phi) is 7.78. The van der Waals surface area contributed by atoms with Crippen LogP contribution in [0.5, 0.6) is 11.5 Å². The first-order chi connectivity index (χ1) is 15.4. The molecule has 3 aromatic rings. The number of carbonyl (C=O) groups is 2. The summed E-state index contributed by atoms with van der Waals surface area (Å²) in [6, 6.07) is 18.3. The molecular formula is C25H26N2O4S. The van der Waals surface area contributed by atoms with Crippen LogP contribution in [0.1, 0.15) is 21.5 Å². The summed E-state index contributed by atoms with van der Waals surface area (Å²) in [4.78, 5) is 26.0. The van der Waals surface area contributed by atoms with Gasteiger partial charge in [0, 0.05) is 21.8 Å². The van der Waals surface area contributed by atoms with E-state index in [4.69, 9.17) is 9.47 Å². The molecule has 2 amide bonds. The van der Waals surface area contributed by atoms with Crippen LogP contribution in [0.25, 0.3) is 0 Å². The Morgan fingerprint density at radius 1 is 0.844 bits per heavy atom. The fraction of sp³-hybridized carbons (Fsp3) is 0.200. The lowest BCUT2D eigenvalue weighted by Gasteiger charge is -2.12. The quantitative estimate of drug-likeness (QED) is 0.455. The third-order valence-corrected chi connectivity index (χ3v) is 5.85. The van der Waals surface area contributed by atoms with Crippen LogP contribution >= 0.6 is 11.8 Å². The number of anilines is 2. The van der Waals surface area contributed by atoms with Crippen LogP contribution in [0.4, 0.5) is 11.4 Å². The van der Waals surface area contributed by atoms with E-state index in [-0.39, 0.29) is 17.6 Å². The van der Waals surface area contributed by atoms with Gasteiger partial charge in [0.2, 0.25) is 5.91 Å². The average Bonchev–Trinajstić information content (AvgIpc) is 2.80. The molecule has 7 heteroatoms. The van der Waals surface area contributed by atoms with Crippen LogP contribution in [0.3, 0.4) is 0 Å². The maximum absolute atomic E-state index is 12.6. The first-order valence-electron chi connectivity index (χ1n) is 10.0. The van der Waals surface area contributed by atoms with E-state index in [0.717, 1.165) is 21.7 Å². The molecule has 0 spiro atoms. The Bertz CT molecular complexity index is 1110. The van der Waals surface area contributed by atoms with Gasteiger partial charge in [0.15, 0.2) is 11.5 Å². The molecule has 166 valence electrons. The van der Waals surface area contributed by atoms with E-state index in [1.807, 2.05) is 50.2 Å². The molecule has 3 rings (SSSR count). The van der Waals surface area contributed by atoms with Crippen molar-refractivity contribution in [3.05, 3.63) is 77.4 Å². The molecule has 0 aliphatic rings. The topological polar surface area (TPSA) is 76.7 Å². The van der Waals surface area contributed by atoms with Crippen molar-refractivity contribution >= 4 is 35.0 Å². The molecule has 0 heterocycles. The van der Waals surface area contributed by atoms with E-state index in [1.54, 1.807) is 31.4 Å². The highest BCUT2D eigenvalue weighted by Gasteiger charge is 2.12. The first kappa shape index (κ1) is 23.2. The number of carbonyl (C=O) groups excluding carboxylic acids is 2. The smallest absolute Gasteiger partial charge is 0.255 e. The maximum atomic E-state index is 12.6. The zero-order valence-electron chi connectivity index (χ0n) is 18.5. The Labute approximate surface area is 192 Å². The van der Waals surface area contributed by atoms with Crippen molar-refractivity contribution in [2.45, 2.75) is 18.7 Å². The second-order valence-electron chi connectivity index (χ2n) is 7.16. The van der Waals surface area contributed by atoms with Gasteiger partial charge in [-0.25, -0.2) is 0 Å². The molecule has 0 aliphatic carbocycles. The monoisotopic (exact) mass is 450 g/mol. The molecule has 6 nitrogen and oxygen atoms in total. The lowest BCUT2D eigenvalue weighted by molar-refractivity contribution is -0.113. The van der Waals surface area contributed by atoms with Gasteiger partial charge < -0.3 is 20.1 Å². The van der Waals surface area contributed by atoms with Crippen molar-refractivity contribution < 1.29 is 19.1 Å². The van der Waals surface area contributed by atoms with E-state index >= 15 is 0 Å². The summed E-state index contributed by atoms with van der Waals surface area (Å²) >= 11 is 1.41. The standard InChI is InChI=1S/C25H26N2O4S/c1-16-7-5-8-17(2)24(16)27-23(28)15-32-20-10-6-9-19(14-20)26-25(29)18-11-12-21(30-3)22(13-18)31-4/h5-14H,15H2,1-4H3,(H,26,29)(H,27,28). The number of para-hydroxylation sites is 1. The van der Waals surface area contributed by atoms with Crippen molar-refractivity contribution in [2.24, 2.45) is 0 Å². The Morgan fingerprint density at radius 3 is 2.22 bits per heavy atom. The summed E-state index contributed by atoms with van der Waals surface area (Å²) in [7, 11) is 3.07. The number of aryl methyl sites for hydroxylation is 2. The minimum absolute atomic E-state index is 0.0767. The van der Waals surface area contributed by atoms with Crippen LogP contribution < -0.4 is 20.1 Å². The SMILES string of the molecule is COc1ccc(C(=O)Nc2cccc(SCC(=O)Nc3c(C)cccc3C)c2)cc1OC. The van der Waals surface area contributed by atoms with Crippen LogP contribution in [0, 0.1) is 13.8 Å². The van der Waals surface area contributed by atoms with Crippen molar-refractivity contribution in [1.29, 1.82) is 0 Å². The number of hydrogen-bond acceptors (Lipinski definition) is 5. The third-order valence-electron chi connectivity index (χ3n) is 4.85. The lowest BCUT2D eigenvalue weighted by atomic mass is 10.1. The van der Waals surface area contributed by atoms with Crippen LogP contribution in [-0.4, -0.2) is 31.8 Å². The fourth-order valence-corrected chi connectivity index (χ4v) is 3.94.